The molecular weight excluding hydrogens is 260 g/mol. The predicted molar refractivity (Wildman–Crippen MR) is 89.8 cm³/mol. The Morgan fingerprint density at radius 2 is 1.76 bits per heavy atom. The van der Waals surface area contributed by atoms with Crippen LogP contribution in [0.2, 0.25) is 0 Å². The van der Waals surface area contributed by atoms with Gasteiger partial charge in [-0.25, -0.2) is 0 Å². The van der Waals surface area contributed by atoms with Crippen molar-refractivity contribution in [2.75, 3.05) is 20.2 Å². The Hall–Kier alpha value is -1.58. The van der Waals surface area contributed by atoms with Crippen molar-refractivity contribution < 1.29 is 4.74 Å². The van der Waals surface area contributed by atoms with Crippen molar-refractivity contribution in [2.45, 2.75) is 32.9 Å². The highest BCUT2D eigenvalue weighted by atomic mass is 16.5. The molecule has 2 aromatic rings. The van der Waals surface area contributed by atoms with Gasteiger partial charge >= 0.3 is 0 Å². The molecule has 0 bridgehead atoms. The highest BCUT2D eigenvalue weighted by Crippen LogP contribution is 2.33. The summed E-state index contributed by atoms with van der Waals surface area (Å²) in [4.78, 5) is 2.44. The lowest BCUT2D eigenvalue weighted by atomic mass is 9.96. The average Bonchev–Trinajstić information content (AvgIpc) is 2.51. The van der Waals surface area contributed by atoms with E-state index in [2.05, 4.69) is 56.0 Å². The zero-order chi connectivity index (χ0) is 15.4. The summed E-state index contributed by atoms with van der Waals surface area (Å²) < 4.78 is 5.49. The third-order valence-corrected chi connectivity index (χ3v) is 4.15. The van der Waals surface area contributed by atoms with Gasteiger partial charge in [0.15, 0.2) is 0 Å². The fourth-order valence-corrected chi connectivity index (χ4v) is 3.15. The number of benzene rings is 2. The Kier molecular flexibility index (Phi) is 5.21. The number of hydrogen-bond donors (Lipinski definition) is 1. The van der Waals surface area contributed by atoms with E-state index in [-0.39, 0.29) is 6.04 Å². The molecule has 2 rings (SSSR count). The fourth-order valence-electron chi connectivity index (χ4n) is 3.15. The van der Waals surface area contributed by atoms with Crippen LogP contribution in [0, 0.1) is 0 Å². The third-order valence-electron chi connectivity index (χ3n) is 4.15. The molecule has 2 aromatic carbocycles. The minimum absolute atomic E-state index is 0.228. The van der Waals surface area contributed by atoms with E-state index in [4.69, 9.17) is 10.5 Å². The van der Waals surface area contributed by atoms with Gasteiger partial charge in [0, 0.05) is 24.0 Å². The molecule has 21 heavy (non-hydrogen) atoms. The van der Waals surface area contributed by atoms with Crippen LogP contribution in [0.4, 0.5) is 0 Å². The lowest BCUT2D eigenvalue weighted by Gasteiger charge is -2.34. The van der Waals surface area contributed by atoms with Gasteiger partial charge in [-0.05, 0) is 37.4 Å². The summed E-state index contributed by atoms with van der Waals surface area (Å²) in [5, 5.41) is 2.38. The Balaban J connectivity index is 2.59. The van der Waals surface area contributed by atoms with Gasteiger partial charge in [-0.1, -0.05) is 37.3 Å². The number of likely N-dealkylation sites (N-methyl/N-ethyl adjacent to an activating group) is 1. The summed E-state index contributed by atoms with van der Waals surface area (Å²) in [5.41, 5.74) is 7.39. The average molecular weight is 286 g/mol. The zero-order valence-corrected chi connectivity index (χ0v) is 13.5. The van der Waals surface area contributed by atoms with Crippen LogP contribution in [0.1, 0.15) is 32.4 Å². The molecule has 2 N–H and O–H groups in total. The molecule has 0 saturated heterocycles. The number of ether oxygens (including phenoxy) is 1. The van der Waals surface area contributed by atoms with Crippen molar-refractivity contribution in [3.05, 3.63) is 42.0 Å². The van der Waals surface area contributed by atoms with E-state index in [1.807, 2.05) is 6.07 Å². The first-order valence-corrected chi connectivity index (χ1v) is 7.65. The van der Waals surface area contributed by atoms with Gasteiger partial charge in [-0.15, -0.1) is 0 Å². The second-order valence-corrected chi connectivity index (χ2v) is 5.58. The van der Waals surface area contributed by atoms with E-state index in [1.165, 1.54) is 10.9 Å². The van der Waals surface area contributed by atoms with E-state index in [0.717, 1.165) is 17.7 Å². The van der Waals surface area contributed by atoms with Crippen LogP contribution < -0.4 is 10.5 Å². The van der Waals surface area contributed by atoms with Crippen LogP contribution in [-0.4, -0.2) is 31.1 Å². The first-order valence-electron chi connectivity index (χ1n) is 7.65. The van der Waals surface area contributed by atoms with Gasteiger partial charge < -0.3 is 10.5 Å². The molecule has 0 radical (unpaired) electrons. The first-order chi connectivity index (χ1) is 10.1. The molecular formula is C18H26N2O. The van der Waals surface area contributed by atoms with E-state index < -0.39 is 0 Å². The molecule has 114 valence electrons. The minimum atomic E-state index is 0.228. The topological polar surface area (TPSA) is 38.5 Å². The van der Waals surface area contributed by atoms with Crippen molar-refractivity contribution in [1.82, 2.24) is 4.90 Å². The first kappa shape index (κ1) is 15.8. The van der Waals surface area contributed by atoms with E-state index >= 15 is 0 Å². The molecule has 0 saturated carbocycles. The highest BCUT2D eigenvalue weighted by Gasteiger charge is 2.22. The molecule has 0 fully saturated rings. The molecule has 0 amide bonds. The van der Waals surface area contributed by atoms with E-state index in [0.29, 0.717) is 12.6 Å². The SMILES string of the molecule is CCN(C(C)C)C(CN)c1ccc(OC)c2ccccc12. The van der Waals surface area contributed by atoms with Crippen LogP contribution in [0.3, 0.4) is 0 Å². The Bertz CT molecular complexity index is 595. The molecule has 0 aliphatic heterocycles. The van der Waals surface area contributed by atoms with Crippen molar-refractivity contribution in [3.63, 3.8) is 0 Å². The fraction of sp³-hybridized carbons (Fsp3) is 0.444. The zero-order valence-electron chi connectivity index (χ0n) is 13.5. The number of nitrogens with two attached hydrogens (primary N) is 1. The standard InChI is InChI=1S/C18H26N2O/c1-5-20(13(2)3)17(12-19)15-10-11-18(21-4)16-9-7-6-8-14(15)16/h6-11,13,17H,5,12,19H2,1-4H3. The summed E-state index contributed by atoms with van der Waals surface area (Å²) in [6.45, 7) is 8.23. The van der Waals surface area contributed by atoms with Gasteiger partial charge in [-0.2, -0.15) is 0 Å². The number of hydrogen-bond acceptors (Lipinski definition) is 3. The van der Waals surface area contributed by atoms with Crippen molar-refractivity contribution in [3.8, 4) is 5.75 Å². The molecule has 0 spiro atoms. The number of nitrogens with zero attached hydrogens (tertiary/aromatic N) is 1. The molecule has 0 heterocycles. The van der Waals surface area contributed by atoms with Crippen molar-refractivity contribution >= 4 is 10.8 Å². The molecule has 3 heteroatoms. The van der Waals surface area contributed by atoms with Gasteiger partial charge in [0.1, 0.15) is 5.75 Å². The maximum Gasteiger partial charge on any atom is 0.126 e. The summed E-state index contributed by atoms with van der Waals surface area (Å²) in [6, 6.07) is 13.3. The monoisotopic (exact) mass is 286 g/mol. The Labute approximate surface area is 127 Å². The van der Waals surface area contributed by atoms with Gasteiger partial charge in [0.2, 0.25) is 0 Å². The molecule has 3 nitrogen and oxygen atoms in total. The van der Waals surface area contributed by atoms with Crippen LogP contribution in [0.25, 0.3) is 10.8 Å². The van der Waals surface area contributed by atoms with Crippen LogP contribution >= 0.6 is 0 Å². The predicted octanol–water partition coefficient (Wildman–Crippen LogP) is 3.58. The summed E-state index contributed by atoms with van der Waals surface area (Å²) in [5.74, 6) is 0.915. The molecule has 0 aliphatic rings. The quantitative estimate of drug-likeness (QED) is 0.882. The van der Waals surface area contributed by atoms with Crippen LogP contribution in [0.15, 0.2) is 36.4 Å². The molecule has 1 unspecified atom stereocenters. The van der Waals surface area contributed by atoms with Crippen molar-refractivity contribution in [1.29, 1.82) is 0 Å². The summed E-state index contributed by atoms with van der Waals surface area (Å²) >= 11 is 0. The number of fused-ring (bicyclic) bond motifs is 1. The molecule has 0 aliphatic carbocycles. The summed E-state index contributed by atoms with van der Waals surface area (Å²) in [7, 11) is 1.72. The lowest BCUT2D eigenvalue weighted by molar-refractivity contribution is 0.167. The number of methoxy groups -OCH3 is 1. The summed E-state index contributed by atoms with van der Waals surface area (Å²) in [6.07, 6.45) is 0. The molecule has 0 aromatic heterocycles. The van der Waals surface area contributed by atoms with E-state index in [9.17, 15) is 0 Å². The van der Waals surface area contributed by atoms with Gasteiger partial charge in [-0.3, -0.25) is 4.90 Å². The maximum atomic E-state index is 6.11. The van der Waals surface area contributed by atoms with Crippen molar-refractivity contribution in [2.24, 2.45) is 5.73 Å². The Morgan fingerprint density at radius 1 is 1.10 bits per heavy atom. The van der Waals surface area contributed by atoms with Gasteiger partial charge in [0.25, 0.3) is 0 Å². The normalized spacial score (nSPS) is 13.1. The maximum absolute atomic E-state index is 6.11. The second kappa shape index (κ2) is 6.92. The molecule has 1 atom stereocenters. The van der Waals surface area contributed by atoms with Crippen LogP contribution in [-0.2, 0) is 0 Å². The van der Waals surface area contributed by atoms with E-state index in [1.54, 1.807) is 7.11 Å². The number of rotatable bonds is 6. The Morgan fingerprint density at radius 3 is 2.29 bits per heavy atom. The highest BCUT2D eigenvalue weighted by molar-refractivity contribution is 5.91. The van der Waals surface area contributed by atoms with Crippen LogP contribution in [0.5, 0.6) is 5.75 Å². The minimum Gasteiger partial charge on any atom is -0.496 e. The smallest absolute Gasteiger partial charge is 0.126 e. The largest absolute Gasteiger partial charge is 0.496 e. The second-order valence-electron chi connectivity index (χ2n) is 5.58. The third kappa shape index (κ3) is 3.04. The lowest BCUT2D eigenvalue weighted by Crippen LogP contribution is -2.38. The van der Waals surface area contributed by atoms with Gasteiger partial charge in [0.05, 0.1) is 7.11 Å².